The van der Waals surface area contributed by atoms with Gasteiger partial charge in [-0.2, -0.15) is 4.31 Å². The van der Waals surface area contributed by atoms with Gasteiger partial charge in [0.15, 0.2) is 0 Å². The molecule has 0 unspecified atom stereocenters. The Morgan fingerprint density at radius 3 is 2.27 bits per heavy atom. The van der Waals surface area contributed by atoms with E-state index in [1.807, 2.05) is 31.2 Å². The van der Waals surface area contributed by atoms with Crippen LogP contribution in [0.1, 0.15) is 35.2 Å². The lowest BCUT2D eigenvalue weighted by molar-refractivity contribution is -0.117. The molecule has 0 bridgehead atoms. The molecule has 0 aliphatic carbocycles. The first-order valence-corrected chi connectivity index (χ1v) is 11.6. The first-order valence-electron chi connectivity index (χ1n) is 10.1. The van der Waals surface area contributed by atoms with Gasteiger partial charge >= 0.3 is 0 Å². The Kier molecular flexibility index (Phi) is 5.62. The monoisotopic (exact) mass is 427 g/mol. The van der Waals surface area contributed by atoms with Gasteiger partial charge in [0.2, 0.25) is 15.9 Å². The van der Waals surface area contributed by atoms with Gasteiger partial charge in [-0.15, -0.1) is 0 Å². The highest BCUT2D eigenvalue weighted by Crippen LogP contribution is 2.23. The lowest BCUT2D eigenvalue weighted by Crippen LogP contribution is -2.37. The number of carbonyl (C=O) groups is 2. The van der Waals surface area contributed by atoms with Crippen molar-refractivity contribution in [2.45, 2.75) is 37.1 Å². The second-order valence-electron chi connectivity index (χ2n) is 7.85. The van der Waals surface area contributed by atoms with Crippen LogP contribution in [0, 0.1) is 6.92 Å². The van der Waals surface area contributed by atoms with Gasteiger partial charge in [0.1, 0.15) is 0 Å². The van der Waals surface area contributed by atoms with E-state index < -0.39 is 10.0 Å². The van der Waals surface area contributed by atoms with Crippen molar-refractivity contribution >= 4 is 27.5 Å². The highest BCUT2D eigenvalue weighted by Gasteiger charge is 2.32. The molecule has 0 radical (unpaired) electrons. The Morgan fingerprint density at radius 1 is 1.00 bits per heavy atom. The van der Waals surface area contributed by atoms with E-state index in [0.29, 0.717) is 25.2 Å². The molecule has 4 rings (SSSR count). The van der Waals surface area contributed by atoms with E-state index in [4.69, 9.17) is 0 Å². The summed E-state index contributed by atoms with van der Waals surface area (Å²) in [5.74, 6) is -0.347. The molecule has 2 heterocycles. The van der Waals surface area contributed by atoms with Crippen LogP contribution in [0.15, 0.2) is 53.4 Å². The summed E-state index contributed by atoms with van der Waals surface area (Å²) in [6.45, 7) is 3.48. The van der Waals surface area contributed by atoms with E-state index in [1.165, 1.54) is 28.6 Å². The fourth-order valence-electron chi connectivity index (χ4n) is 3.90. The van der Waals surface area contributed by atoms with Gasteiger partial charge < -0.3 is 10.2 Å². The Bertz CT molecular complexity index is 1040. The van der Waals surface area contributed by atoms with Crippen LogP contribution in [0.25, 0.3) is 0 Å². The topological polar surface area (TPSA) is 86.8 Å². The molecule has 8 heteroatoms. The second kappa shape index (κ2) is 8.20. The third kappa shape index (κ3) is 4.11. The number of carbonyl (C=O) groups excluding carboxylic acids is 2. The first kappa shape index (κ1) is 20.6. The van der Waals surface area contributed by atoms with Crippen molar-refractivity contribution in [3.63, 3.8) is 0 Å². The van der Waals surface area contributed by atoms with E-state index in [2.05, 4.69) is 5.32 Å². The minimum Gasteiger partial charge on any atom is -0.347 e. The van der Waals surface area contributed by atoms with Crippen molar-refractivity contribution in [3.8, 4) is 0 Å². The van der Waals surface area contributed by atoms with Gasteiger partial charge in [-0.25, -0.2) is 8.42 Å². The molecule has 1 N–H and O–H groups in total. The Hall–Kier alpha value is -2.71. The van der Waals surface area contributed by atoms with Crippen LogP contribution >= 0.6 is 0 Å². The molecule has 0 aromatic heterocycles. The normalized spacial score (nSPS) is 20.0. The van der Waals surface area contributed by atoms with Gasteiger partial charge in [-0.1, -0.05) is 17.7 Å². The SMILES string of the molecule is Cc1ccc(N2C[C@@H](NC(=O)c3ccc(S(=O)(=O)N4CCCC4)cc3)CC2=O)cc1. The molecule has 1 atom stereocenters. The van der Waals surface area contributed by atoms with Crippen LogP contribution in [0.2, 0.25) is 0 Å². The summed E-state index contributed by atoms with van der Waals surface area (Å²) >= 11 is 0. The molecule has 7 nitrogen and oxygen atoms in total. The Balaban J connectivity index is 1.40. The molecular weight excluding hydrogens is 402 g/mol. The van der Waals surface area contributed by atoms with Gasteiger partial charge in [-0.3, -0.25) is 9.59 Å². The van der Waals surface area contributed by atoms with Crippen LogP contribution in [0.5, 0.6) is 0 Å². The number of nitrogens with zero attached hydrogens (tertiary/aromatic N) is 2. The molecule has 30 heavy (non-hydrogen) atoms. The summed E-state index contributed by atoms with van der Waals surface area (Å²) < 4.78 is 26.7. The Labute approximate surface area is 176 Å². The maximum atomic E-state index is 12.6. The molecule has 2 aliphatic rings. The zero-order valence-corrected chi connectivity index (χ0v) is 17.7. The number of benzene rings is 2. The van der Waals surface area contributed by atoms with Crippen LogP contribution in [-0.4, -0.2) is 50.2 Å². The summed E-state index contributed by atoms with van der Waals surface area (Å²) in [6.07, 6.45) is 1.99. The molecule has 2 amide bonds. The van der Waals surface area contributed by atoms with E-state index in [0.717, 1.165) is 24.1 Å². The largest absolute Gasteiger partial charge is 0.347 e. The van der Waals surface area contributed by atoms with E-state index in [1.54, 1.807) is 4.90 Å². The summed E-state index contributed by atoms with van der Waals surface area (Å²) in [5, 5.41) is 2.89. The Morgan fingerprint density at radius 2 is 1.63 bits per heavy atom. The lowest BCUT2D eigenvalue weighted by Gasteiger charge is -2.18. The van der Waals surface area contributed by atoms with Gasteiger partial charge in [-0.05, 0) is 56.2 Å². The number of anilines is 1. The fourth-order valence-corrected chi connectivity index (χ4v) is 5.42. The number of rotatable bonds is 5. The zero-order valence-electron chi connectivity index (χ0n) is 16.9. The van der Waals surface area contributed by atoms with Crippen molar-refractivity contribution in [2.75, 3.05) is 24.5 Å². The van der Waals surface area contributed by atoms with Gasteiger partial charge in [0.05, 0.1) is 10.9 Å². The highest BCUT2D eigenvalue weighted by molar-refractivity contribution is 7.89. The average molecular weight is 428 g/mol. The predicted molar refractivity (Wildman–Crippen MR) is 114 cm³/mol. The van der Waals surface area contributed by atoms with Crippen LogP contribution in [-0.2, 0) is 14.8 Å². The van der Waals surface area contributed by atoms with Gasteiger partial charge in [0.25, 0.3) is 5.91 Å². The molecule has 0 saturated carbocycles. The van der Waals surface area contributed by atoms with Crippen molar-refractivity contribution < 1.29 is 18.0 Å². The number of sulfonamides is 1. The quantitative estimate of drug-likeness (QED) is 0.793. The average Bonchev–Trinajstić information content (AvgIpc) is 3.39. The maximum Gasteiger partial charge on any atom is 0.251 e. The van der Waals surface area contributed by atoms with Crippen molar-refractivity contribution in [1.29, 1.82) is 0 Å². The third-order valence-corrected chi connectivity index (χ3v) is 7.54. The van der Waals surface area contributed by atoms with Crippen molar-refractivity contribution in [2.24, 2.45) is 0 Å². The van der Waals surface area contributed by atoms with Crippen molar-refractivity contribution in [1.82, 2.24) is 9.62 Å². The molecule has 2 aliphatic heterocycles. The maximum absolute atomic E-state index is 12.6. The van der Waals surface area contributed by atoms with Crippen LogP contribution < -0.4 is 10.2 Å². The summed E-state index contributed by atoms with van der Waals surface area (Å²) in [4.78, 5) is 26.9. The van der Waals surface area contributed by atoms with Crippen molar-refractivity contribution in [3.05, 3.63) is 59.7 Å². The first-order chi connectivity index (χ1) is 14.3. The van der Waals surface area contributed by atoms with Crippen LogP contribution in [0.3, 0.4) is 0 Å². The van der Waals surface area contributed by atoms with E-state index in [9.17, 15) is 18.0 Å². The number of aryl methyl sites for hydroxylation is 1. The molecular formula is C22H25N3O4S. The summed E-state index contributed by atoms with van der Waals surface area (Å²) in [6, 6.07) is 13.4. The number of hydrogen-bond acceptors (Lipinski definition) is 4. The molecule has 2 saturated heterocycles. The second-order valence-corrected chi connectivity index (χ2v) is 9.79. The number of nitrogens with one attached hydrogen (secondary N) is 1. The number of amides is 2. The van der Waals surface area contributed by atoms with Gasteiger partial charge in [0, 0.05) is 37.3 Å². The summed E-state index contributed by atoms with van der Waals surface area (Å²) in [7, 11) is -3.50. The minimum absolute atomic E-state index is 0.0313. The molecule has 2 aromatic carbocycles. The minimum atomic E-state index is -3.50. The van der Waals surface area contributed by atoms with Crippen LogP contribution in [0.4, 0.5) is 5.69 Å². The standard InChI is InChI=1S/C22H25N3O4S/c1-16-4-8-19(9-5-16)25-15-18(14-21(25)26)23-22(27)17-6-10-20(11-7-17)30(28,29)24-12-2-3-13-24/h4-11,18H,2-3,12-15H2,1H3,(H,23,27)/t18-/m0/s1. The third-order valence-electron chi connectivity index (χ3n) is 5.63. The fraction of sp³-hybridized carbons (Fsp3) is 0.364. The zero-order chi connectivity index (χ0) is 21.3. The lowest BCUT2D eigenvalue weighted by atomic mass is 10.2. The highest BCUT2D eigenvalue weighted by atomic mass is 32.2. The molecule has 2 aromatic rings. The molecule has 0 spiro atoms. The number of hydrogen-bond donors (Lipinski definition) is 1. The van der Waals surface area contributed by atoms with E-state index >= 15 is 0 Å². The summed E-state index contributed by atoms with van der Waals surface area (Å²) in [5.41, 5.74) is 2.31. The molecule has 158 valence electrons. The predicted octanol–water partition coefficient (Wildman–Crippen LogP) is 2.31. The smallest absolute Gasteiger partial charge is 0.251 e. The van der Waals surface area contributed by atoms with E-state index in [-0.39, 0.29) is 29.2 Å². The molecule has 2 fully saturated rings.